The molecule has 2 nitrogen and oxygen atoms in total. The molecule has 0 spiro atoms. The quantitative estimate of drug-likeness (QED) is 0.448. The number of likely N-dealkylation sites (tertiary alicyclic amines) is 1. The van der Waals surface area contributed by atoms with E-state index >= 15 is 0 Å². The highest BCUT2D eigenvalue weighted by Gasteiger charge is 2.42. The first-order valence-corrected chi connectivity index (χ1v) is 3.73. The van der Waals surface area contributed by atoms with E-state index in [4.69, 9.17) is 4.74 Å². The second-order valence-corrected chi connectivity index (χ2v) is 3.04. The van der Waals surface area contributed by atoms with Gasteiger partial charge in [0, 0.05) is 6.54 Å². The summed E-state index contributed by atoms with van der Waals surface area (Å²) in [6, 6.07) is 0. The molecular weight excluding hydrogens is 114 g/mol. The predicted molar refractivity (Wildman–Crippen MR) is 35.1 cm³/mol. The van der Waals surface area contributed by atoms with Crippen molar-refractivity contribution in [2.45, 2.75) is 31.6 Å². The molecule has 2 unspecified atom stereocenters. The molecule has 0 radical (unpaired) electrons. The van der Waals surface area contributed by atoms with Crippen LogP contribution in [-0.2, 0) is 4.74 Å². The SMILES string of the molecule is CN1CCCCC2OC21. The average Bonchev–Trinajstić information content (AvgIpc) is 2.55. The third kappa shape index (κ3) is 0.970. The molecule has 2 heterocycles. The number of fused-ring (bicyclic) bond motifs is 1. The predicted octanol–water partition coefficient (Wildman–Crippen LogP) is 0.827. The van der Waals surface area contributed by atoms with Crippen LogP contribution in [0.15, 0.2) is 0 Å². The van der Waals surface area contributed by atoms with Crippen molar-refractivity contribution in [1.29, 1.82) is 0 Å². The van der Waals surface area contributed by atoms with E-state index in [-0.39, 0.29) is 0 Å². The molecule has 0 aromatic rings. The molecular formula is C7H13NO. The van der Waals surface area contributed by atoms with E-state index in [0.29, 0.717) is 12.3 Å². The lowest BCUT2D eigenvalue weighted by Crippen LogP contribution is -2.22. The standard InChI is InChI=1S/C7H13NO/c1-8-5-3-2-4-6-7(8)9-6/h6-7H,2-5H2,1H3. The molecule has 0 bridgehead atoms. The monoisotopic (exact) mass is 127 g/mol. The maximum atomic E-state index is 5.40. The van der Waals surface area contributed by atoms with Crippen LogP contribution in [0.2, 0.25) is 0 Å². The summed E-state index contributed by atoms with van der Waals surface area (Å²) in [5, 5.41) is 0. The average molecular weight is 127 g/mol. The lowest BCUT2D eigenvalue weighted by atomic mass is 10.2. The number of rotatable bonds is 0. The number of epoxide rings is 1. The Bertz CT molecular complexity index is 115. The van der Waals surface area contributed by atoms with Crippen LogP contribution in [0.5, 0.6) is 0 Å². The summed E-state index contributed by atoms with van der Waals surface area (Å²) < 4.78 is 5.40. The summed E-state index contributed by atoms with van der Waals surface area (Å²) in [4.78, 5) is 2.32. The summed E-state index contributed by atoms with van der Waals surface area (Å²) in [6.45, 7) is 1.22. The first kappa shape index (κ1) is 5.69. The summed E-state index contributed by atoms with van der Waals surface area (Å²) >= 11 is 0. The molecule has 2 aliphatic rings. The van der Waals surface area contributed by atoms with Crippen LogP contribution in [-0.4, -0.2) is 30.8 Å². The zero-order chi connectivity index (χ0) is 6.27. The number of likely N-dealkylation sites (N-methyl/N-ethyl adjacent to an activating group) is 1. The maximum Gasteiger partial charge on any atom is 0.137 e. The summed E-state index contributed by atoms with van der Waals surface area (Å²) in [5.41, 5.74) is 0. The van der Waals surface area contributed by atoms with E-state index < -0.39 is 0 Å². The number of hydrogen-bond donors (Lipinski definition) is 0. The molecule has 0 aromatic carbocycles. The third-order valence-electron chi connectivity index (χ3n) is 2.24. The lowest BCUT2D eigenvalue weighted by molar-refractivity contribution is 0.201. The van der Waals surface area contributed by atoms with E-state index in [1.165, 1.54) is 25.8 Å². The molecule has 2 fully saturated rings. The first-order valence-electron chi connectivity index (χ1n) is 3.73. The molecule has 2 saturated heterocycles. The van der Waals surface area contributed by atoms with Crippen LogP contribution < -0.4 is 0 Å². The molecule has 0 amide bonds. The zero-order valence-electron chi connectivity index (χ0n) is 5.84. The smallest absolute Gasteiger partial charge is 0.137 e. The normalized spacial score (nSPS) is 43.7. The minimum Gasteiger partial charge on any atom is -0.353 e. The van der Waals surface area contributed by atoms with Gasteiger partial charge in [-0.25, -0.2) is 0 Å². The third-order valence-corrected chi connectivity index (χ3v) is 2.24. The molecule has 9 heavy (non-hydrogen) atoms. The zero-order valence-corrected chi connectivity index (χ0v) is 5.84. The van der Waals surface area contributed by atoms with Gasteiger partial charge in [0.25, 0.3) is 0 Å². The van der Waals surface area contributed by atoms with Crippen LogP contribution in [0.3, 0.4) is 0 Å². The molecule has 2 aliphatic heterocycles. The van der Waals surface area contributed by atoms with Crippen molar-refractivity contribution in [3.05, 3.63) is 0 Å². The van der Waals surface area contributed by atoms with E-state index in [1.807, 2.05) is 0 Å². The summed E-state index contributed by atoms with van der Waals surface area (Å²) in [6.07, 6.45) is 5.08. The van der Waals surface area contributed by atoms with Crippen molar-refractivity contribution in [3.8, 4) is 0 Å². The second-order valence-electron chi connectivity index (χ2n) is 3.04. The topological polar surface area (TPSA) is 15.8 Å². The van der Waals surface area contributed by atoms with Gasteiger partial charge in [-0.15, -0.1) is 0 Å². The molecule has 2 atom stereocenters. The minimum absolute atomic E-state index is 0.493. The lowest BCUT2D eigenvalue weighted by Gasteiger charge is -2.09. The summed E-state index contributed by atoms with van der Waals surface area (Å²) in [7, 11) is 2.15. The van der Waals surface area contributed by atoms with Gasteiger partial charge in [-0.05, 0) is 26.3 Å². The molecule has 2 rings (SSSR count). The fourth-order valence-corrected chi connectivity index (χ4v) is 1.57. The molecule has 0 saturated carbocycles. The van der Waals surface area contributed by atoms with Crippen molar-refractivity contribution in [1.82, 2.24) is 4.90 Å². The van der Waals surface area contributed by atoms with Gasteiger partial charge in [-0.1, -0.05) is 0 Å². The van der Waals surface area contributed by atoms with Crippen LogP contribution in [0.25, 0.3) is 0 Å². The Kier molecular flexibility index (Phi) is 1.24. The number of nitrogens with zero attached hydrogens (tertiary/aromatic N) is 1. The molecule has 2 heteroatoms. The van der Waals surface area contributed by atoms with Gasteiger partial charge < -0.3 is 4.74 Å². The van der Waals surface area contributed by atoms with Crippen LogP contribution in [0.4, 0.5) is 0 Å². The largest absolute Gasteiger partial charge is 0.353 e. The summed E-state index contributed by atoms with van der Waals surface area (Å²) in [5.74, 6) is 0. The number of ether oxygens (including phenoxy) is 1. The van der Waals surface area contributed by atoms with Crippen molar-refractivity contribution < 1.29 is 4.74 Å². The van der Waals surface area contributed by atoms with Gasteiger partial charge in [-0.2, -0.15) is 0 Å². The Morgan fingerprint density at radius 2 is 2.33 bits per heavy atom. The van der Waals surface area contributed by atoms with Gasteiger partial charge >= 0.3 is 0 Å². The van der Waals surface area contributed by atoms with Crippen LogP contribution in [0, 0.1) is 0 Å². The van der Waals surface area contributed by atoms with Crippen molar-refractivity contribution >= 4 is 0 Å². The van der Waals surface area contributed by atoms with E-state index in [0.717, 1.165) is 0 Å². The van der Waals surface area contributed by atoms with Gasteiger partial charge in [0.1, 0.15) is 6.23 Å². The molecule has 0 N–H and O–H groups in total. The maximum absolute atomic E-state index is 5.40. The molecule has 52 valence electrons. The Balaban J connectivity index is 1.96. The Labute approximate surface area is 55.8 Å². The van der Waals surface area contributed by atoms with Crippen LogP contribution in [0.1, 0.15) is 19.3 Å². The van der Waals surface area contributed by atoms with Crippen molar-refractivity contribution in [2.75, 3.05) is 13.6 Å². The fourth-order valence-electron chi connectivity index (χ4n) is 1.57. The molecule has 0 aliphatic carbocycles. The highest BCUT2D eigenvalue weighted by atomic mass is 16.6. The van der Waals surface area contributed by atoms with Gasteiger partial charge in [-0.3, -0.25) is 4.90 Å². The Morgan fingerprint density at radius 3 is 3.22 bits per heavy atom. The number of hydrogen-bond acceptors (Lipinski definition) is 2. The highest BCUT2D eigenvalue weighted by Crippen LogP contribution is 2.31. The highest BCUT2D eigenvalue weighted by molar-refractivity contribution is 4.85. The van der Waals surface area contributed by atoms with Gasteiger partial charge in [0.15, 0.2) is 0 Å². The van der Waals surface area contributed by atoms with Crippen molar-refractivity contribution in [2.24, 2.45) is 0 Å². The van der Waals surface area contributed by atoms with E-state index in [2.05, 4.69) is 11.9 Å². The van der Waals surface area contributed by atoms with E-state index in [9.17, 15) is 0 Å². The fraction of sp³-hybridized carbons (Fsp3) is 1.00. The first-order chi connectivity index (χ1) is 4.38. The van der Waals surface area contributed by atoms with Crippen molar-refractivity contribution in [3.63, 3.8) is 0 Å². The Morgan fingerprint density at radius 1 is 1.44 bits per heavy atom. The van der Waals surface area contributed by atoms with Crippen LogP contribution >= 0.6 is 0 Å². The van der Waals surface area contributed by atoms with Gasteiger partial charge in [0.05, 0.1) is 6.10 Å². The second kappa shape index (κ2) is 1.96. The van der Waals surface area contributed by atoms with E-state index in [1.54, 1.807) is 0 Å². The molecule has 0 aromatic heterocycles. The Hall–Kier alpha value is -0.0800. The minimum atomic E-state index is 0.493. The van der Waals surface area contributed by atoms with Gasteiger partial charge in [0.2, 0.25) is 0 Å².